The van der Waals surface area contributed by atoms with E-state index in [0.717, 1.165) is 5.56 Å². The molecular weight excluding hydrogens is 402 g/mol. The number of hydrogen-bond acceptors (Lipinski definition) is 7. The Hall–Kier alpha value is -4.08. The van der Waals surface area contributed by atoms with Crippen molar-refractivity contribution in [3.8, 4) is 28.6 Å². The molecular formula is C21H21N5O5. The van der Waals surface area contributed by atoms with Crippen LogP contribution < -0.4 is 24.8 Å². The summed E-state index contributed by atoms with van der Waals surface area (Å²) in [4.78, 5) is 29.6. The van der Waals surface area contributed by atoms with Gasteiger partial charge in [0.05, 0.1) is 27.8 Å². The van der Waals surface area contributed by atoms with Crippen LogP contribution in [0.3, 0.4) is 0 Å². The van der Waals surface area contributed by atoms with Crippen LogP contribution in [0.1, 0.15) is 12.5 Å². The molecule has 160 valence electrons. The van der Waals surface area contributed by atoms with Crippen molar-refractivity contribution in [2.24, 2.45) is 0 Å². The molecule has 0 unspecified atom stereocenters. The summed E-state index contributed by atoms with van der Waals surface area (Å²) in [5, 5.41) is 9.93. The lowest BCUT2D eigenvalue weighted by Gasteiger charge is -2.22. The van der Waals surface area contributed by atoms with Gasteiger partial charge in [-0.3, -0.25) is 14.9 Å². The number of methoxy groups -OCH3 is 3. The van der Waals surface area contributed by atoms with Crippen LogP contribution in [-0.2, 0) is 9.59 Å². The highest BCUT2D eigenvalue weighted by Crippen LogP contribution is 2.30. The SMILES string of the molecule is COc1ccc(-c2nc3n(n2)[C@@H](C(=O)Nc2cc(OC)cc(OC)c2)CC(=O)N3)cc1. The Morgan fingerprint density at radius 1 is 1.03 bits per heavy atom. The molecule has 0 fully saturated rings. The monoisotopic (exact) mass is 423 g/mol. The summed E-state index contributed by atoms with van der Waals surface area (Å²) in [5.41, 5.74) is 1.21. The van der Waals surface area contributed by atoms with Gasteiger partial charge in [-0.05, 0) is 24.3 Å². The molecule has 10 heteroatoms. The van der Waals surface area contributed by atoms with E-state index in [0.29, 0.717) is 28.8 Å². The molecule has 0 saturated heterocycles. The van der Waals surface area contributed by atoms with Gasteiger partial charge in [-0.1, -0.05) is 0 Å². The van der Waals surface area contributed by atoms with Crippen molar-refractivity contribution < 1.29 is 23.8 Å². The van der Waals surface area contributed by atoms with Gasteiger partial charge in [-0.15, -0.1) is 5.10 Å². The third-order valence-corrected chi connectivity index (χ3v) is 4.83. The molecule has 3 aromatic rings. The number of nitrogens with zero attached hydrogens (tertiary/aromatic N) is 3. The predicted molar refractivity (Wildman–Crippen MR) is 112 cm³/mol. The van der Waals surface area contributed by atoms with Gasteiger partial charge >= 0.3 is 0 Å². The summed E-state index contributed by atoms with van der Waals surface area (Å²) < 4.78 is 17.1. The highest BCUT2D eigenvalue weighted by atomic mass is 16.5. The van der Waals surface area contributed by atoms with Crippen LogP contribution in [0.25, 0.3) is 11.4 Å². The van der Waals surface area contributed by atoms with Crippen molar-refractivity contribution in [2.45, 2.75) is 12.5 Å². The van der Waals surface area contributed by atoms with Gasteiger partial charge in [0.1, 0.15) is 23.3 Å². The van der Waals surface area contributed by atoms with Gasteiger partial charge in [-0.2, -0.15) is 4.98 Å². The van der Waals surface area contributed by atoms with E-state index in [1.807, 2.05) is 0 Å². The van der Waals surface area contributed by atoms with E-state index < -0.39 is 11.9 Å². The van der Waals surface area contributed by atoms with Crippen LogP contribution in [-0.4, -0.2) is 47.9 Å². The molecule has 1 aliphatic rings. The fraction of sp³-hybridized carbons (Fsp3) is 0.238. The molecule has 0 spiro atoms. The number of hydrogen-bond donors (Lipinski definition) is 2. The molecule has 1 aliphatic heterocycles. The molecule has 0 radical (unpaired) electrons. The fourth-order valence-electron chi connectivity index (χ4n) is 3.23. The Morgan fingerprint density at radius 2 is 1.68 bits per heavy atom. The van der Waals surface area contributed by atoms with E-state index in [-0.39, 0.29) is 18.3 Å². The van der Waals surface area contributed by atoms with Crippen molar-refractivity contribution in [2.75, 3.05) is 32.0 Å². The van der Waals surface area contributed by atoms with E-state index in [2.05, 4.69) is 20.7 Å². The number of rotatable bonds is 6. The van der Waals surface area contributed by atoms with Gasteiger partial charge in [0.25, 0.3) is 0 Å². The largest absolute Gasteiger partial charge is 0.497 e. The first-order valence-corrected chi connectivity index (χ1v) is 9.45. The highest BCUT2D eigenvalue weighted by Gasteiger charge is 2.33. The van der Waals surface area contributed by atoms with Gasteiger partial charge in [-0.25, -0.2) is 4.68 Å². The van der Waals surface area contributed by atoms with Crippen molar-refractivity contribution in [3.63, 3.8) is 0 Å². The second kappa shape index (κ2) is 8.34. The summed E-state index contributed by atoms with van der Waals surface area (Å²) in [7, 11) is 4.63. The number of carbonyl (C=O) groups excluding carboxylic acids is 2. The van der Waals surface area contributed by atoms with Crippen LogP contribution >= 0.6 is 0 Å². The van der Waals surface area contributed by atoms with Crippen molar-refractivity contribution >= 4 is 23.5 Å². The predicted octanol–water partition coefficient (Wildman–Crippen LogP) is 2.49. The molecule has 0 bridgehead atoms. The summed E-state index contributed by atoms with van der Waals surface area (Å²) >= 11 is 0. The van der Waals surface area contributed by atoms with E-state index in [1.54, 1.807) is 49.6 Å². The van der Waals surface area contributed by atoms with Crippen LogP contribution in [0.15, 0.2) is 42.5 Å². The summed E-state index contributed by atoms with van der Waals surface area (Å²) in [6.07, 6.45) is -0.0641. The van der Waals surface area contributed by atoms with E-state index in [4.69, 9.17) is 14.2 Å². The zero-order valence-corrected chi connectivity index (χ0v) is 17.2. The molecule has 1 aromatic heterocycles. The summed E-state index contributed by atoms with van der Waals surface area (Å²) in [6, 6.07) is 11.3. The lowest BCUT2D eigenvalue weighted by Crippen LogP contribution is -2.36. The van der Waals surface area contributed by atoms with Gasteiger partial charge in [0.2, 0.25) is 17.8 Å². The minimum atomic E-state index is -0.861. The zero-order valence-electron chi connectivity index (χ0n) is 17.2. The molecule has 2 aromatic carbocycles. The van der Waals surface area contributed by atoms with E-state index in [1.165, 1.54) is 18.9 Å². The first-order chi connectivity index (χ1) is 15.0. The van der Waals surface area contributed by atoms with Crippen LogP contribution in [0, 0.1) is 0 Å². The molecule has 4 rings (SSSR count). The molecule has 0 aliphatic carbocycles. The van der Waals surface area contributed by atoms with Gasteiger partial charge in [0.15, 0.2) is 5.82 Å². The molecule has 0 saturated carbocycles. The topological polar surface area (TPSA) is 117 Å². The maximum absolute atomic E-state index is 13.0. The summed E-state index contributed by atoms with van der Waals surface area (Å²) in [5.74, 6) is 1.64. The lowest BCUT2D eigenvalue weighted by molar-refractivity contribution is -0.125. The smallest absolute Gasteiger partial charge is 0.249 e. The second-order valence-corrected chi connectivity index (χ2v) is 6.79. The third-order valence-electron chi connectivity index (χ3n) is 4.83. The molecule has 2 N–H and O–H groups in total. The Balaban J connectivity index is 1.62. The van der Waals surface area contributed by atoms with Crippen LogP contribution in [0.2, 0.25) is 0 Å². The number of fused-ring (bicyclic) bond motifs is 1. The Morgan fingerprint density at radius 3 is 2.29 bits per heavy atom. The van der Waals surface area contributed by atoms with Crippen molar-refractivity contribution in [1.82, 2.24) is 14.8 Å². The fourth-order valence-corrected chi connectivity index (χ4v) is 3.23. The lowest BCUT2D eigenvalue weighted by atomic mass is 10.1. The minimum Gasteiger partial charge on any atom is -0.497 e. The average Bonchev–Trinajstić information content (AvgIpc) is 3.22. The zero-order chi connectivity index (χ0) is 22.0. The van der Waals surface area contributed by atoms with Crippen LogP contribution in [0.5, 0.6) is 17.2 Å². The average molecular weight is 423 g/mol. The van der Waals surface area contributed by atoms with Gasteiger partial charge < -0.3 is 19.5 Å². The maximum atomic E-state index is 13.0. The van der Waals surface area contributed by atoms with E-state index in [9.17, 15) is 9.59 Å². The normalized spacial score (nSPS) is 14.9. The quantitative estimate of drug-likeness (QED) is 0.626. The number of nitrogens with one attached hydrogen (secondary N) is 2. The number of carbonyl (C=O) groups is 2. The second-order valence-electron chi connectivity index (χ2n) is 6.79. The first-order valence-electron chi connectivity index (χ1n) is 9.45. The number of amides is 2. The third kappa shape index (κ3) is 4.13. The van der Waals surface area contributed by atoms with Crippen LogP contribution in [0.4, 0.5) is 11.6 Å². The van der Waals surface area contributed by atoms with Gasteiger partial charge in [0, 0.05) is 29.4 Å². The first kappa shape index (κ1) is 20.2. The van der Waals surface area contributed by atoms with Crippen molar-refractivity contribution in [3.05, 3.63) is 42.5 Å². The molecule has 31 heavy (non-hydrogen) atoms. The highest BCUT2D eigenvalue weighted by molar-refractivity contribution is 6.01. The Kier molecular flexibility index (Phi) is 5.44. The Bertz CT molecular complexity index is 1100. The number of ether oxygens (including phenoxy) is 3. The number of anilines is 2. The number of aromatic nitrogens is 3. The van der Waals surface area contributed by atoms with E-state index >= 15 is 0 Å². The molecule has 2 heterocycles. The van der Waals surface area contributed by atoms with Crippen molar-refractivity contribution in [1.29, 1.82) is 0 Å². The molecule has 2 amide bonds. The maximum Gasteiger partial charge on any atom is 0.249 e. The Labute approximate surface area is 178 Å². The summed E-state index contributed by atoms with van der Waals surface area (Å²) in [6.45, 7) is 0. The minimum absolute atomic E-state index is 0.0641. The molecule has 1 atom stereocenters. The standard InChI is InChI=1S/C21H21N5O5/c1-29-14-6-4-12(5-7-14)19-24-21-23-18(27)11-17(26(21)25-19)20(28)22-13-8-15(30-2)10-16(9-13)31-3/h4-10,17H,11H2,1-3H3,(H,22,28)(H,23,24,25,27)/t17-/m1/s1. The molecule has 10 nitrogen and oxygen atoms in total. The number of benzene rings is 2.